The van der Waals surface area contributed by atoms with Crippen molar-refractivity contribution in [1.29, 1.82) is 0 Å². The molecule has 2 N–H and O–H groups in total. The van der Waals surface area contributed by atoms with Gasteiger partial charge in [-0.2, -0.15) is 0 Å². The summed E-state index contributed by atoms with van der Waals surface area (Å²) in [7, 11) is 0. The average molecular weight is 230 g/mol. The van der Waals surface area contributed by atoms with E-state index < -0.39 is 5.54 Å². The lowest BCUT2D eigenvalue weighted by molar-refractivity contribution is 0.533. The van der Waals surface area contributed by atoms with E-state index in [-0.39, 0.29) is 0 Å². The number of benzene rings is 1. The van der Waals surface area contributed by atoms with Crippen molar-refractivity contribution in [3.05, 3.63) is 47.3 Å². The minimum atomic E-state index is -0.440. The fourth-order valence-corrected chi connectivity index (χ4v) is 1.63. The van der Waals surface area contributed by atoms with Crippen LogP contribution in [0.25, 0.3) is 0 Å². The van der Waals surface area contributed by atoms with Crippen LogP contribution in [0.4, 0.5) is 0 Å². The largest absolute Gasteiger partial charge is 0.320 e. The molecule has 1 aromatic heterocycles. The van der Waals surface area contributed by atoms with Crippen LogP contribution in [-0.2, 0) is 12.1 Å². The molecule has 0 bridgehead atoms. The van der Waals surface area contributed by atoms with Crippen LogP contribution < -0.4 is 5.73 Å². The maximum atomic E-state index is 5.98. The van der Waals surface area contributed by atoms with E-state index in [1.807, 2.05) is 36.9 Å². The maximum Gasteiger partial charge on any atom is 0.102 e. The van der Waals surface area contributed by atoms with Crippen LogP contribution in [0.3, 0.4) is 0 Å². The fraction of sp³-hybridized carbons (Fsp3) is 0.385. The van der Waals surface area contributed by atoms with Gasteiger partial charge < -0.3 is 5.73 Å². The quantitative estimate of drug-likeness (QED) is 0.875. The number of nitrogens with zero attached hydrogens (tertiary/aromatic N) is 3. The van der Waals surface area contributed by atoms with Crippen LogP contribution in [0.1, 0.15) is 30.7 Å². The summed E-state index contributed by atoms with van der Waals surface area (Å²) >= 11 is 0. The molecule has 2 aromatic rings. The van der Waals surface area contributed by atoms with Crippen LogP contribution in [0.2, 0.25) is 0 Å². The first-order chi connectivity index (χ1) is 7.97. The zero-order valence-corrected chi connectivity index (χ0v) is 10.5. The van der Waals surface area contributed by atoms with Crippen molar-refractivity contribution in [2.75, 3.05) is 0 Å². The molecular formula is C13H18N4. The van der Waals surface area contributed by atoms with E-state index in [9.17, 15) is 0 Å². The van der Waals surface area contributed by atoms with Crippen LogP contribution in [0.5, 0.6) is 0 Å². The van der Waals surface area contributed by atoms with Crippen LogP contribution in [0, 0.1) is 6.92 Å². The summed E-state index contributed by atoms with van der Waals surface area (Å²) < 4.78 is 1.83. The molecule has 0 aliphatic heterocycles. The SMILES string of the molecule is Cc1ccccc1Cn1cc(C(C)(C)N)nn1. The van der Waals surface area contributed by atoms with E-state index >= 15 is 0 Å². The zero-order chi connectivity index (χ0) is 12.5. The monoisotopic (exact) mass is 230 g/mol. The highest BCUT2D eigenvalue weighted by atomic mass is 15.4. The van der Waals surface area contributed by atoms with Crippen molar-refractivity contribution in [1.82, 2.24) is 15.0 Å². The second-order valence-electron chi connectivity index (χ2n) is 4.95. The topological polar surface area (TPSA) is 56.7 Å². The number of nitrogens with two attached hydrogens (primary N) is 1. The van der Waals surface area contributed by atoms with E-state index in [0.717, 1.165) is 12.2 Å². The summed E-state index contributed by atoms with van der Waals surface area (Å²) in [5.41, 5.74) is 8.86. The van der Waals surface area contributed by atoms with Crippen molar-refractivity contribution in [3.8, 4) is 0 Å². The number of hydrogen-bond donors (Lipinski definition) is 1. The summed E-state index contributed by atoms with van der Waals surface area (Å²) in [5, 5.41) is 8.21. The van der Waals surface area contributed by atoms with Crippen molar-refractivity contribution < 1.29 is 0 Å². The highest BCUT2D eigenvalue weighted by Crippen LogP contribution is 2.14. The molecule has 0 radical (unpaired) electrons. The van der Waals surface area contributed by atoms with Gasteiger partial charge in [-0.3, -0.25) is 0 Å². The van der Waals surface area contributed by atoms with Crippen LogP contribution in [-0.4, -0.2) is 15.0 Å². The van der Waals surface area contributed by atoms with E-state index in [2.05, 4.69) is 29.4 Å². The number of aryl methyl sites for hydroxylation is 1. The van der Waals surface area contributed by atoms with Gasteiger partial charge in [-0.1, -0.05) is 29.5 Å². The average Bonchev–Trinajstić information content (AvgIpc) is 2.69. The Morgan fingerprint density at radius 1 is 1.29 bits per heavy atom. The van der Waals surface area contributed by atoms with Gasteiger partial charge in [0, 0.05) is 0 Å². The predicted molar refractivity (Wildman–Crippen MR) is 67.5 cm³/mol. The molecule has 2 rings (SSSR count). The Morgan fingerprint density at radius 3 is 2.59 bits per heavy atom. The lowest BCUT2D eigenvalue weighted by Crippen LogP contribution is -2.29. The molecule has 0 fully saturated rings. The summed E-state index contributed by atoms with van der Waals surface area (Å²) in [6.45, 7) is 6.68. The van der Waals surface area contributed by atoms with Crippen molar-refractivity contribution >= 4 is 0 Å². The third-order valence-corrected chi connectivity index (χ3v) is 2.79. The predicted octanol–water partition coefficient (Wildman–Crippen LogP) is 1.83. The Hall–Kier alpha value is -1.68. The summed E-state index contributed by atoms with van der Waals surface area (Å²) in [4.78, 5) is 0. The van der Waals surface area contributed by atoms with E-state index in [1.165, 1.54) is 11.1 Å². The molecule has 0 atom stereocenters. The lowest BCUT2D eigenvalue weighted by atomic mass is 10.0. The molecule has 1 aromatic carbocycles. The van der Waals surface area contributed by atoms with Gasteiger partial charge in [0.2, 0.25) is 0 Å². The molecule has 0 saturated heterocycles. The Bertz CT molecular complexity index is 508. The normalized spacial score (nSPS) is 11.8. The van der Waals surface area contributed by atoms with Crippen molar-refractivity contribution in [2.45, 2.75) is 32.9 Å². The third-order valence-electron chi connectivity index (χ3n) is 2.79. The molecule has 0 aliphatic carbocycles. The van der Waals surface area contributed by atoms with Crippen molar-refractivity contribution in [3.63, 3.8) is 0 Å². The first kappa shape index (κ1) is 11.8. The second kappa shape index (κ2) is 4.30. The number of aromatic nitrogens is 3. The highest BCUT2D eigenvalue weighted by Gasteiger charge is 2.18. The minimum Gasteiger partial charge on any atom is -0.320 e. The van der Waals surface area contributed by atoms with Gasteiger partial charge >= 0.3 is 0 Å². The molecule has 0 aliphatic rings. The van der Waals surface area contributed by atoms with Gasteiger partial charge in [-0.25, -0.2) is 4.68 Å². The van der Waals surface area contributed by atoms with Gasteiger partial charge in [-0.15, -0.1) is 5.10 Å². The lowest BCUT2D eigenvalue weighted by Gasteiger charge is -2.13. The third kappa shape index (κ3) is 2.71. The van der Waals surface area contributed by atoms with Gasteiger partial charge in [0.15, 0.2) is 0 Å². The molecule has 4 heteroatoms. The molecule has 0 unspecified atom stereocenters. The van der Waals surface area contributed by atoms with Crippen LogP contribution in [0.15, 0.2) is 30.5 Å². The van der Waals surface area contributed by atoms with Gasteiger partial charge in [0.25, 0.3) is 0 Å². The summed E-state index contributed by atoms with van der Waals surface area (Å²) in [6, 6.07) is 8.27. The van der Waals surface area contributed by atoms with Gasteiger partial charge in [0.1, 0.15) is 5.69 Å². The van der Waals surface area contributed by atoms with Crippen molar-refractivity contribution in [2.24, 2.45) is 5.73 Å². The fourth-order valence-electron chi connectivity index (χ4n) is 1.63. The Balaban J connectivity index is 2.21. The summed E-state index contributed by atoms with van der Waals surface area (Å²) in [5.74, 6) is 0. The van der Waals surface area contributed by atoms with Crippen LogP contribution >= 0.6 is 0 Å². The molecular weight excluding hydrogens is 212 g/mol. The minimum absolute atomic E-state index is 0.440. The molecule has 90 valence electrons. The Kier molecular flexibility index (Phi) is 2.98. The smallest absolute Gasteiger partial charge is 0.102 e. The van der Waals surface area contributed by atoms with E-state index in [0.29, 0.717) is 0 Å². The Morgan fingerprint density at radius 2 is 2.00 bits per heavy atom. The van der Waals surface area contributed by atoms with E-state index in [1.54, 1.807) is 0 Å². The van der Waals surface area contributed by atoms with Gasteiger partial charge in [-0.05, 0) is 31.9 Å². The molecule has 1 heterocycles. The van der Waals surface area contributed by atoms with Gasteiger partial charge in [0.05, 0.1) is 18.3 Å². The van der Waals surface area contributed by atoms with E-state index in [4.69, 9.17) is 5.73 Å². The highest BCUT2D eigenvalue weighted by molar-refractivity contribution is 5.25. The number of hydrogen-bond acceptors (Lipinski definition) is 3. The zero-order valence-electron chi connectivity index (χ0n) is 10.5. The maximum absolute atomic E-state index is 5.98. The first-order valence-corrected chi connectivity index (χ1v) is 5.71. The second-order valence-corrected chi connectivity index (χ2v) is 4.95. The molecule has 4 nitrogen and oxygen atoms in total. The number of rotatable bonds is 3. The summed E-state index contributed by atoms with van der Waals surface area (Å²) in [6.07, 6.45) is 1.91. The standard InChI is InChI=1S/C13H18N4/c1-10-6-4-5-7-11(10)8-17-9-12(15-16-17)13(2,3)14/h4-7,9H,8,14H2,1-3H3. The first-order valence-electron chi connectivity index (χ1n) is 5.71. The molecule has 0 spiro atoms. The molecule has 0 amide bonds. The molecule has 0 saturated carbocycles. The Labute approximate surface area is 101 Å². The molecule has 17 heavy (non-hydrogen) atoms.